The van der Waals surface area contributed by atoms with Crippen LogP contribution in [0.25, 0.3) is 0 Å². The zero-order valence-electron chi connectivity index (χ0n) is 13.1. The molecular weight excluding hydrogens is 284 g/mol. The highest BCUT2D eigenvalue weighted by Crippen LogP contribution is 2.20. The van der Waals surface area contributed by atoms with E-state index < -0.39 is 11.9 Å². The summed E-state index contributed by atoms with van der Waals surface area (Å²) in [6.45, 7) is 3.87. The van der Waals surface area contributed by atoms with Crippen molar-refractivity contribution < 1.29 is 24.9 Å². The largest absolute Gasteiger partial charge is 0.478 e. The zero-order chi connectivity index (χ0) is 16.7. The van der Waals surface area contributed by atoms with Gasteiger partial charge >= 0.3 is 11.9 Å². The third-order valence-corrected chi connectivity index (χ3v) is 3.82. The number of hydrogen-bond donors (Lipinski definition) is 3. The molecule has 3 N–H and O–H groups in total. The number of carboxylic acids is 2. The number of aliphatic hydroxyl groups excluding tert-OH is 1. The van der Waals surface area contributed by atoms with Gasteiger partial charge in [-0.15, -0.1) is 0 Å². The molecule has 0 bridgehead atoms. The summed E-state index contributed by atoms with van der Waals surface area (Å²) in [7, 11) is 0. The van der Waals surface area contributed by atoms with E-state index in [4.69, 9.17) is 5.11 Å². The van der Waals surface area contributed by atoms with Crippen molar-refractivity contribution in [3.05, 3.63) is 34.9 Å². The first-order chi connectivity index (χ1) is 10.3. The lowest BCUT2D eigenvalue weighted by molar-refractivity contribution is 0.0650. The lowest BCUT2D eigenvalue weighted by atomic mass is 9.93. The molecule has 1 rings (SSSR count). The van der Waals surface area contributed by atoms with Gasteiger partial charge in [0.15, 0.2) is 0 Å². The van der Waals surface area contributed by atoms with Crippen molar-refractivity contribution in [1.82, 2.24) is 0 Å². The molecule has 2 unspecified atom stereocenters. The maximum Gasteiger partial charge on any atom is 0.336 e. The molecule has 0 saturated heterocycles. The normalized spacial score (nSPS) is 13.6. The summed E-state index contributed by atoms with van der Waals surface area (Å²) in [5.41, 5.74) is 0.300. The second-order valence-corrected chi connectivity index (χ2v) is 5.87. The molecule has 0 aliphatic rings. The fourth-order valence-electron chi connectivity index (χ4n) is 2.55. The Kier molecular flexibility index (Phi) is 7.05. The molecule has 5 nitrogen and oxygen atoms in total. The summed E-state index contributed by atoms with van der Waals surface area (Å²) < 4.78 is 0. The first-order valence-electron chi connectivity index (χ1n) is 7.59. The first-order valence-corrected chi connectivity index (χ1v) is 7.59. The van der Waals surface area contributed by atoms with Crippen molar-refractivity contribution >= 4 is 11.9 Å². The number of rotatable bonds is 9. The molecular formula is C17H24O5. The standard InChI is InChI=1S/C17H24O5/c1-11(9-10-12(2)18)5-3-6-13-7-4-8-14(16(19)20)15(13)17(21)22/h4,7-8,11-12,18H,3,5-6,9-10H2,1-2H3,(H,19,20)(H,21,22). The third-order valence-electron chi connectivity index (χ3n) is 3.82. The van der Waals surface area contributed by atoms with Crippen molar-refractivity contribution in [2.45, 2.75) is 52.1 Å². The van der Waals surface area contributed by atoms with Crippen molar-refractivity contribution in [3.63, 3.8) is 0 Å². The van der Waals surface area contributed by atoms with E-state index in [-0.39, 0.29) is 17.2 Å². The Balaban J connectivity index is 2.68. The van der Waals surface area contributed by atoms with Crippen LogP contribution in [0.4, 0.5) is 0 Å². The molecule has 2 atom stereocenters. The number of hydrogen-bond acceptors (Lipinski definition) is 3. The van der Waals surface area contributed by atoms with E-state index in [1.165, 1.54) is 6.07 Å². The van der Waals surface area contributed by atoms with Gasteiger partial charge in [0.1, 0.15) is 0 Å². The Morgan fingerprint density at radius 1 is 1.05 bits per heavy atom. The quantitative estimate of drug-likeness (QED) is 0.651. The van der Waals surface area contributed by atoms with Crippen LogP contribution >= 0.6 is 0 Å². The fraction of sp³-hybridized carbons (Fsp3) is 0.529. The first kappa shape index (κ1) is 18.2. The number of aliphatic hydroxyl groups is 1. The minimum Gasteiger partial charge on any atom is -0.478 e. The maximum absolute atomic E-state index is 11.3. The van der Waals surface area contributed by atoms with Gasteiger partial charge in [-0.3, -0.25) is 0 Å². The van der Waals surface area contributed by atoms with Gasteiger partial charge in [0.2, 0.25) is 0 Å². The van der Waals surface area contributed by atoms with Gasteiger partial charge in [0.05, 0.1) is 17.2 Å². The van der Waals surface area contributed by atoms with Crippen LogP contribution in [0.3, 0.4) is 0 Å². The van der Waals surface area contributed by atoms with Gasteiger partial charge < -0.3 is 15.3 Å². The average molecular weight is 308 g/mol. The van der Waals surface area contributed by atoms with Crippen molar-refractivity contribution in [2.75, 3.05) is 0 Å². The summed E-state index contributed by atoms with van der Waals surface area (Å²) >= 11 is 0. The van der Waals surface area contributed by atoms with Crippen molar-refractivity contribution in [2.24, 2.45) is 5.92 Å². The summed E-state index contributed by atoms with van der Waals surface area (Å²) in [5, 5.41) is 27.6. The highest BCUT2D eigenvalue weighted by Gasteiger charge is 2.19. The van der Waals surface area contributed by atoms with E-state index in [9.17, 15) is 19.8 Å². The minimum absolute atomic E-state index is 0.105. The van der Waals surface area contributed by atoms with Crippen LogP contribution in [0, 0.1) is 5.92 Å². The van der Waals surface area contributed by atoms with E-state index in [0.29, 0.717) is 17.9 Å². The lowest BCUT2D eigenvalue weighted by Gasteiger charge is -2.13. The molecule has 0 heterocycles. The molecule has 1 aromatic carbocycles. The molecule has 0 aliphatic carbocycles. The van der Waals surface area contributed by atoms with Gasteiger partial charge in [-0.2, -0.15) is 0 Å². The molecule has 0 amide bonds. The monoisotopic (exact) mass is 308 g/mol. The molecule has 1 aromatic rings. The van der Waals surface area contributed by atoms with Crippen molar-refractivity contribution in [1.29, 1.82) is 0 Å². The third kappa shape index (κ3) is 5.48. The van der Waals surface area contributed by atoms with Crippen LogP contribution in [0.1, 0.15) is 65.8 Å². The van der Waals surface area contributed by atoms with E-state index in [2.05, 4.69) is 6.92 Å². The highest BCUT2D eigenvalue weighted by atomic mass is 16.4. The molecule has 0 radical (unpaired) electrons. The SMILES string of the molecule is CC(O)CCC(C)CCCc1cccc(C(=O)O)c1C(=O)O. The van der Waals surface area contributed by atoms with Gasteiger partial charge in [0.25, 0.3) is 0 Å². The second kappa shape index (κ2) is 8.54. The summed E-state index contributed by atoms with van der Waals surface area (Å²) in [6.07, 6.45) is 3.65. The highest BCUT2D eigenvalue weighted by molar-refractivity contribution is 6.02. The fourth-order valence-corrected chi connectivity index (χ4v) is 2.55. The predicted octanol–water partition coefficient (Wildman–Crippen LogP) is 3.20. The molecule has 0 fully saturated rings. The number of carbonyl (C=O) groups is 2. The van der Waals surface area contributed by atoms with E-state index in [1.54, 1.807) is 19.1 Å². The van der Waals surface area contributed by atoms with Gasteiger partial charge in [-0.1, -0.05) is 25.5 Å². The van der Waals surface area contributed by atoms with Crippen LogP contribution < -0.4 is 0 Å². The Morgan fingerprint density at radius 3 is 2.27 bits per heavy atom. The van der Waals surface area contributed by atoms with E-state index >= 15 is 0 Å². The molecule has 0 spiro atoms. The zero-order valence-corrected chi connectivity index (χ0v) is 13.1. The smallest absolute Gasteiger partial charge is 0.336 e. The molecule has 0 aromatic heterocycles. The Bertz CT molecular complexity index is 522. The summed E-state index contributed by atoms with van der Waals surface area (Å²) in [4.78, 5) is 22.5. The Morgan fingerprint density at radius 2 is 1.73 bits per heavy atom. The number of benzene rings is 1. The van der Waals surface area contributed by atoms with Crippen LogP contribution in [-0.4, -0.2) is 33.4 Å². The van der Waals surface area contributed by atoms with Gasteiger partial charge in [-0.05, 0) is 50.2 Å². The lowest BCUT2D eigenvalue weighted by Crippen LogP contribution is -2.11. The second-order valence-electron chi connectivity index (χ2n) is 5.87. The van der Waals surface area contributed by atoms with Crippen LogP contribution in [0.2, 0.25) is 0 Å². The Hall–Kier alpha value is -1.88. The van der Waals surface area contributed by atoms with Crippen LogP contribution in [0.15, 0.2) is 18.2 Å². The summed E-state index contributed by atoms with van der Waals surface area (Å²) in [5.74, 6) is -1.97. The molecule has 122 valence electrons. The van der Waals surface area contributed by atoms with Gasteiger partial charge in [-0.25, -0.2) is 9.59 Å². The van der Waals surface area contributed by atoms with Crippen molar-refractivity contribution in [3.8, 4) is 0 Å². The number of carboxylic acid groups (broad SMARTS) is 2. The maximum atomic E-state index is 11.3. The van der Waals surface area contributed by atoms with E-state index in [1.807, 2.05) is 0 Å². The van der Waals surface area contributed by atoms with Crippen LogP contribution in [0.5, 0.6) is 0 Å². The molecule has 5 heteroatoms. The minimum atomic E-state index is -1.22. The van der Waals surface area contributed by atoms with Gasteiger partial charge in [0, 0.05) is 0 Å². The average Bonchev–Trinajstić information content (AvgIpc) is 2.44. The number of aromatic carboxylic acids is 2. The number of aryl methyl sites for hydroxylation is 1. The molecule has 0 saturated carbocycles. The molecule has 22 heavy (non-hydrogen) atoms. The van der Waals surface area contributed by atoms with E-state index in [0.717, 1.165) is 25.7 Å². The summed E-state index contributed by atoms with van der Waals surface area (Å²) in [6, 6.07) is 4.58. The topological polar surface area (TPSA) is 94.8 Å². The molecule has 0 aliphatic heterocycles. The van der Waals surface area contributed by atoms with Crippen LogP contribution in [-0.2, 0) is 6.42 Å². The predicted molar refractivity (Wildman–Crippen MR) is 83.4 cm³/mol. The Labute approximate surface area is 130 Å².